The minimum atomic E-state index is -0.107. The van der Waals surface area contributed by atoms with E-state index in [2.05, 4.69) is 17.3 Å². The third-order valence-corrected chi connectivity index (χ3v) is 3.92. The highest BCUT2D eigenvalue weighted by molar-refractivity contribution is 6.03. The largest absolute Gasteiger partial charge is 0.497 e. The van der Waals surface area contributed by atoms with Crippen molar-refractivity contribution < 1.29 is 9.53 Å². The van der Waals surface area contributed by atoms with E-state index in [0.29, 0.717) is 5.82 Å². The van der Waals surface area contributed by atoms with Crippen molar-refractivity contribution in [2.75, 3.05) is 12.4 Å². The predicted octanol–water partition coefficient (Wildman–Crippen LogP) is 3.60. The Labute approximate surface area is 140 Å². The van der Waals surface area contributed by atoms with Gasteiger partial charge in [0.05, 0.1) is 18.0 Å². The molecule has 0 saturated carbocycles. The zero-order valence-corrected chi connectivity index (χ0v) is 14.5. The molecule has 6 heteroatoms. The summed E-state index contributed by atoms with van der Waals surface area (Å²) in [5, 5.41) is 9.27. The number of amides is 1. The van der Waals surface area contributed by atoms with Crippen molar-refractivity contribution in [3.63, 3.8) is 0 Å². The monoisotopic (exact) mass is 326 g/mol. The van der Waals surface area contributed by atoms with Crippen molar-refractivity contribution in [2.24, 2.45) is 5.92 Å². The second-order valence-corrected chi connectivity index (χ2v) is 6.13. The Hall–Kier alpha value is -2.63. The molecule has 1 aromatic carbocycles. The van der Waals surface area contributed by atoms with Gasteiger partial charge in [0.25, 0.3) is 0 Å². The maximum absolute atomic E-state index is 12.1. The molecule has 0 atom stereocenters. The molecule has 0 aliphatic rings. The van der Waals surface area contributed by atoms with Crippen molar-refractivity contribution >= 4 is 33.7 Å². The normalized spacial score (nSPS) is 11.4. The van der Waals surface area contributed by atoms with Gasteiger partial charge in [0.2, 0.25) is 5.91 Å². The molecule has 24 heavy (non-hydrogen) atoms. The molecule has 1 N–H and O–H groups in total. The first kappa shape index (κ1) is 16.2. The molecule has 1 amide bonds. The molecular weight excluding hydrogens is 304 g/mol. The molecule has 0 spiro atoms. The van der Waals surface area contributed by atoms with Crippen LogP contribution in [0.1, 0.15) is 27.2 Å². The molecule has 126 valence electrons. The van der Waals surface area contributed by atoms with Crippen LogP contribution in [0.25, 0.3) is 21.9 Å². The Balaban J connectivity index is 2.19. The van der Waals surface area contributed by atoms with Gasteiger partial charge in [-0.25, -0.2) is 9.67 Å². The molecule has 0 saturated heterocycles. The van der Waals surface area contributed by atoms with Crippen LogP contribution in [-0.4, -0.2) is 27.8 Å². The summed E-state index contributed by atoms with van der Waals surface area (Å²) in [6.07, 6.45) is 0.941. The van der Waals surface area contributed by atoms with Crippen LogP contribution in [0, 0.1) is 5.92 Å². The quantitative estimate of drug-likeness (QED) is 0.778. The smallest absolute Gasteiger partial charge is 0.228 e. The van der Waals surface area contributed by atoms with Gasteiger partial charge in [0.15, 0.2) is 11.5 Å². The summed E-state index contributed by atoms with van der Waals surface area (Å²) in [4.78, 5) is 16.8. The molecular formula is C18H22N4O2. The van der Waals surface area contributed by atoms with Crippen LogP contribution in [0.5, 0.6) is 5.75 Å². The van der Waals surface area contributed by atoms with Crippen molar-refractivity contribution in [3.05, 3.63) is 24.3 Å². The number of benzene rings is 1. The molecule has 2 aromatic heterocycles. The number of nitrogens with zero attached hydrogens (tertiary/aromatic N) is 3. The lowest BCUT2D eigenvalue weighted by Gasteiger charge is -2.05. The summed E-state index contributed by atoms with van der Waals surface area (Å²) in [5.41, 5.74) is 1.66. The van der Waals surface area contributed by atoms with E-state index in [0.717, 1.165) is 40.7 Å². The van der Waals surface area contributed by atoms with Gasteiger partial charge in [-0.1, -0.05) is 20.8 Å². The summed E-state index contributed by atoms with van der Waals surface area (Å²) in [7, 11) is 1.64. The highest BCUT2D eigenvalue weighted by Crippen LogP contribution is 2.28. The van der Waals surface area contributed by atoms with Gasteiger partial charge in [-0.2, -0.15) is 5.10 Å². The average molecular weight is 326 g/mol. The Morgan fingerprint density at radius 1 is 1.33 bits per heavy atom. The van der Waals surface area contributed by atoms with Gasteiger partial charge < -0.3 is 10.1 Å². The average Bonchev–Trinajstić information content (AvgIpc) is 2.89. The lowest BCUT2D eigenvalue weighted by atomic mass is 10.1. The van der Waals surface area contributed by atoms with Crippen LogP contribution in [0.3, 0.4) is 0 Å². The first-order valence-corrected chi connectivity index (χ1v) is 8.19. The Morgan fingerprint density at radius 2 is 2.12 bits per heavy atom. The Kier molecular flexibility index (Phi) is 4.38. The van der Waals surface area contributed by atoms with Crippen molar-refractivity contribution in [1.82, 2.24) is 14.8 Å². The number of carbonyl (C=O) groups is 1. The number of pyridine rings is 1. The topological polar surface area (TPSA) is 69.0 Å². The van der Waals surface area contributed by atoms with E-state index in [1.165, 1.54) is 0 Å². The number of aryl methyl sites for hydroxylation is 1. The van der Waals surface area contributed by atoms with E-state index in [9.17, 15) is 4.79 Å². The van der Waals surface area contributed by atoms with Gasteiger partial charge in [-0.15, -0.1) is 0 Å². The van der Waals surface area contributed by atoms with Gasteiger partial charge in [0.1, 0.15) is 5.75 Å². The van der Waals surface area contributed by atoms with E-state index >= 15 is 0 Å². The highest BCUT2D eigenvalue weighted by Gasteiger charge is 2.16. The third kappa shape index (κ3) is 2.91. The fourth-order valence-electron chi connectivity index (χ4n) is 2.59. The number of aromatic nitrogens is 3. The van der Waals surface area contributed by atoms with Crippen molar-refractivity contribution in [2.45, 2.75) is 33.7 Å². The lowest BCUT2D eigenvalue weighted by molar-refractivity contribution is -0.118. The molecule has 0 unspecified atom stereocenters. The summed E-state index contributed by atoms with van der Waals surface area (Å²) in [5.74, 6) is 1.18. The minimum Gasteiger partial charge on any atom is -0.497 e. The zero-order chi connectivity index (χ0) is 17.3. The first-order chi connectivity index (χ1) is 11.5. The number of rotatable bonds is 5. The second kappa shape index (κ2) is 6.47. The van der Waals surface area contributed by atoms with E-state index in [4.69, 9.17) is 9.72 Å². The number of methoxy groups -OCH3 is 1. The molecule has 0 aliphatic heterocycles. The fourth-order valence-corrected chi connectivity index (χ4v) is 2.59. The Morgan fingerprint density at radius 3 is 2.79 bits per heavy atom. The second-order valence-electron chi connectivity index (χ2n) is 6.13. The third-order valence-electron chi connectivity index (χ3n) is 3.92. The van der Waals surface area contributed by atoms with Crippen LogP contribution in [0.15, 0.2) is 24.3 Å². The van der Waals surface area contributed by atoms with Gasteiger partial charge in [-0.05, 0) is 30.7 Å². The van der Waals surface area contributed by atoms with Crippen LogP contribution < -0.4 is 10.1 Å². The van der Waals surface area contributed by atoms with E-state index in [-0.39, 0.29) is 11.8 Å². The number of nitrogens with one attached hydrogen (secondary N) is 1. The zero-order valence-electron chi connectivity index (χ0n) is 14.5. The van der Waals surface area contributed by atoms with E-state index in [1.807, 2.05) is 42.8 Å². The van der Waals surface area contributed by atoms with Crippen molar-refractivity contribution in [3.8, 4) is 5.75 Å². The van der Waals surface area contributed by atoms with Gasteiger partial charge >= 0.3 is 0 Å². The molecule has 0 bridgehead atoms. The lowest BCUT2D eigenvalue weighted by Crippen LogP contribution is -2.18. The van der Waals surface area contributed by atoms with Crippen LogP contribution in [0.2, 0.25) is 0 Å². The molecule has 0 radical (unpaired) electrons. The summed E-state index contributed by atoms with van der Waals surface area (Å²) in [6.45, 7) is 6.56. The molecule has 2 heterocycles. The molecule has 3 aromatic rings. The first-order valence-electron chi connectivity index (χ1n) is 8.19. The number of ether oxygens (including phenoxy) is 1. The molecule has 0 aliphatic carbocycles. The SMILES string of the molecule is CCCn1nc(NC(=O)C(C)C)c2cc3cc(OC)ccc3nc21. The fraction of sp³-hybridized carbons (Fsp3) is 0.389. The number of hydrogen-bond donors (Lipinski definition) is 1. The maximum atomic E-state index is 12.1. The van der Waals surface area contributed by atoms with Crippen LogP contribution in [-0.2, 0) is 11.3 Å². The highest BCUT2D eigenvalue weighted by atomic mass is 16.5. The Bertz CT molecular complexity index is 899. The maximum Gasteiger partial charge on any atom is 0.228 e. The number of anilines is 1. The van der Waals surface area contributed by atoms with Gasteiger partial charge in [-0.3, -0.25) is 4.79 Å². The van der Waals surface area contributed by atoms with Crippen LogP contribution in [0.4, 0.5) is 5.82 Å². The molecule has 0 fully saturated rings. The summed E-state index contributed by atoms with van der Waals surface area (Å²) in [6, 6.07) is 7.77. The standard InChI is InChI=1S/C18H22N4O2/c1-5-8-22-17-14(16(21-22)20-18(23)11(2)3)10-12-9-13(24-4)6-7-15(12)19-17/h6-7,9-11H,5,8H2,1-4H3,(H,20,21,23). The molecule has 3 rings (SSSR count). The predicted molar refractivity (Wildman–Crippen MR) is 95.3 cm³/mol. The van der Waals surface area contributed by atoms with Crippen molar-refractivity contribution in [1.29, 1.82) is 0 Å². The number of fused-ring (bicyclic) bond motifs is 2. The van der Waals surface area contributed by atoms with Crippen LogP contribution >= 0.6 is 0 Å². The van der Waals surface area contributed by atoms with Gasteiger partial charge in [0, 0.05) is 17.8 Å². The summed E-state index contributed by atoms with van der Waals surface area (Å²) < 4.78 is 7.14. The van der Waals surface area contributed by atoms with E-state index < -0.39 is 0 Å². The van der Waals surface area contributed by atoms with E-state index in [1.54, 1.807) is 7.11 Å². The number of carbonyl (C=O) groups excluding carboxylic acids is 1. The number of hydrogen-bond acceptors (Lipinski definition) is 4. The minimum absolute atomic E-state index is 0.0520. The molecule has 6 nitrogen and oxygen atoms in total. The summed E-state index contributed by atoms with van der Waals surface area (Å²) >= 11 is 0.